The maximum absolute atomic E-state index is 13.7. The van der Waals surface area contributed by atoms with Crippen molar-refractivity contribution in [2.24, 2.45) is 10.3 Å². The Hall–Kier alpha value is -3.76. The Morgan fingerprint density at radius 2 is 1.69 bits per heavy atom. The monoisotopic (exact) mass is 403 g/mol. The number of fused-ring (bicyclic) bond motifs is 1. The zero-order chi connectivity index (χ0) is 20.7. The first-order chi connectivity index (χ1) is 13.8. The fourth-order valence-corrected chi connectivity index (χ4v) is 3.13. The molecule has 0 spiro atoms. The largest absolute Gasteiger partial charge is 0.322 e. The topological polar surface area (TPSA) is 94.4 Å². The summed E-state index contributed by atoms with van der Waals surface area (Å²) in [6.45, 7) is -0.517. The van der Waals surface area contributed by atoms with Crippen LogP contribution in [0.4, 0.5) is 24.5 Å². The zero-order valence-corrected chi connectivity index (χ0v) is 14.6. The van der Waals surface area contributed by atoms with Crippen LogP contribution in [0, 0.1) is 17.5 Å². The molecule has 3 amide bonds. The summed E-state index contributed by atoms with van der Waals surface area (Å²) in [5, 5.41) is 10.6. The summed E-state index contributed by atoms with van der Waals surface area (Å²) >= 11 is 0. The molecular formula is C18H12F3N5O3. The van der Waals surface area contributed by atoms with Crippen molar-refractivity contribution >= 4 is 29.1 Å². The second-order valence-electron chi connectivity index (χ2n) is 6.35. The first kappa shape index (κ1) is 18.6. The Bertz CT molecular complexity index is 1040. The molecule has 1 fully saturated rings. The zero-order valence-electron chi connectivity index (χ0n) is 14.6. The van der Waals surface area contributed by atoms with Gasteiger partial charge >= 0.3 is 0 Å². The third-order valence-corrected chi connectivity index (χ3v) is 4.45. The van der Waals surface area contributed by atoms with Gasteiger partial charge in [0.15, 0.2) is 12.1 Å². The van der Waals surface area contributed by atoms with Gasteiger partial charge < -0.3 is 5.32 Å². The van der Waals surface area contributed by atoms with Crippen molar-refractivity contribution in [3.63, 3.8) is 0 Å². The van der Waals surface area contributed by atoms with Crippen LogP contribution in [-0.4, -0.2) is 41.4 Å². The fraction of sp³-hybridized carbons (Fsp3) is 0.167. The molecule has 0 unspecified atom stereocenters. The van der Waals surface area contributed by atoms with Gasteiger partial charge in [0.2, 0.25) is 5.91 Å². The quantitative estimate of drug-likeness (QED) is 0.791. The van der Waals surface area contributed by atoms with Crippen molar-refractivity contribution in [1.29, 1.82) is 0 Å². The Kier molecular flexibility index (Phi) is 4.49. The average molecular weight is 403 g/mol. The van der Waals surface area contributed by atoms with Gasteiger partial charge in [0.25, 0.3) is 11.8 Å². The van der Waals surface area contributed by atoms with E-state index in [1.807, 2.05) is 0 Å². The van der Waals surface area contributed by atoms with Gasteiger partial charge in [0.05, 0.1) is 11.4 Å². The number of amides is 3. The lowest BCUT2D eigenvalue weighted by Crippen LogP contribution is -2.43. The third kappa shape index (κ3) is 3.30. The van der Waals surface area contributed by atoms with Crippen LogP contribution in [0.2, 0.25) is 0 Å². The second-order valence-corrected chi connectivity index (χ2v) is 6.35. The van der Waals surface area contributed by atoms with E-state index in [4.69, 9.17) is 0 Å². The lowest BCUT2D eigenvalue weighted by molar-refractivity contribution is -0.123. The Morgan fingerprint density at radius 1 is 1.00 bits per heavy atom. The van der Waals surface area contributed by atoms with E-state index in [9.17, 15) is 27.6 Å². The molecule has 29 heavy (non-hydrogen) atoms. The van der Waals surface area contributed by atoms with Gasteiger partial charge in [-0.15, -0.1) is 0 Å². The Morgan fingerprint density at radius 3 is 2.41 bits per heavy atom. The minimum Gasteiger partial charge on any atom is -0.322 e. The highest BCUT2D eigenvalue weighted by molar-refractivity contribution is 6.25. The van der Waals surface area contributed by atoms with Crippen molar-refractivity contribution in [2.75, 3.05) is 16.8 Å². The first-order valence-electron chi connectivity index (χ1n) is 8.41. The minimum absolute atomic E-state index is 0.164. The highest BCUT2D eigenvalue weighted by atomic mass is 19.1. The second kappa shape index (κ2) is 7.00. The molecule has 0 radical (unpaired) electrons. The highest BCUT2D eigenvalue weighted by Gasteiger charge is 2.55. The number of nitrogens with zero attached hydrogens (tertiary/aromatic N) is 4. The molecule has 8 nitrogen and oxygen atoms in total. The third-order valence-electron chi connectivity index (χ3n) is 4.45. The van der Waals surface area contributed by atoms with Crippen molar-refractivity contribution in [3.8, 4) is 0 Å². The van der Waals surface area contributed by atoms with Crippen LogP contribution in [0.3, 0.4) is 0 Å². The van der Waals surface area contributed by atoms with Gasteiger partial charge in [0, 0.05) is 6.07 Å². The molecule has 11 heteroatoms. The predicted molar refractivity (Wildman–Crippen MR) is 93.0 cm³/mol. The van der Waals surface area contributed by atoms with E-state index in [1.165, 1.54) is 12.1 Å². The molecule has 148 valence electrons. The van der Waals surface area contributed by atoms with Gasteiger partial charge in [-0.3, -0.25) is 19.4 Å². The molecule has 2 aromatic carbocycles. The number of benzene rings is 2. The maximum atomic E-state index is 13.7. The van der Waals surface area contributed by atoms with Crippen LogP contribution >= 0.6 is 0 Å². The van der Waals surface area contributed by atoms with E-state index in [1.54, 1.807) is 0 Å². The Labute approximate surface area is 161 Å². The Balaban J connectivity index is 1.49. The minimum atomic E-state index is -1.16. The molecule has 0 saturated carbocycles. The summed E-state index contributed by atoms with van der Waals surface area (Å²) in [6.07, 6.45) is 0. The van der Waals surface area contributed by atoms with E-state index >= 15 is 0 Å². The standard InChI is InChI=1S/C18H12F3N5O3/c19-9-1-4-11(5-2-9)26-17(28)15-16(18(26)29)25(24-23-15)8-14(27)22-13-7-10(20)3-6-12(13)21/h1-7,15-16H,8H2,(H,22,27)/t15-,16-/m1/s1. The highest BCUT2D eigenvalue weighted by Crippen LogP contribution is 2.31. The molecule has 0 aromatic heterocycles. The SMILES string of the molecule is O=C(CN1N=N[C@H]2C(=O)N(c3ccc(F)cc3)C(=O)[C@@H]21)Nc1cc(F)ccc1F. The molecule has 2 heterocycles. The summed E-state index contributed by atoms with van der Waals surface area (Å²) < 4.78 is 40.0. The van der Waals surface area contributed by atoms with Crippen molar-refractivity contribution in [2.45, 2.75) is 12.1 Å². The van der Waals surface area contributed by atoms with Crippen LogP contribution in [0.25, 0.3) is 0 Å². The summed E-state index contributed by atoms with van der Waals surface area (Å²) in [4.78, 5) is 38.3. The lowest BCUT2D eigenvalue weighted by atomic mass is 10.1. The lowest BCUT2D eigenvalue weighted by Gasteiger charge is -2.20. The molecule has 1 N–H and O–H groups in total. The molecule has 2 aliphatic heterocycles. The van der Waals surface area contributed by atoms with Crippen molar-refractivity contribution < 1.29 is 27.6 Å². The van der Waals surface area contributed by atoms with E-state index in [0.29, 0.717) is 0 Å². The van der Waals surface area contributed by atoms with E-state index in [-0.39, 0.29) is 11.4 Å². The summed E-state index contributed by atoms with van der Waals surface area (Å²) in [7, 11) is 0. The average Bonchev–Trinajstić information content (AvgIpc) is 3.19. The summed E-state index contributed by atoms with van der Waals surface area (Å²) in [5.74, 6) is -4.23. The number of rotatable bonds is 4. The number of nitrogens with one attached hydrogen (secondary N) is 1. The van der Waals surface area contributed by atoms with Gasteiger partial charge in [-0.1, -0.05) is 5.22 Å². The first-order valence-corrected chi connectivity index (χ1v) is 8.41. The van der Waals surface area contributed by atoms with Gasteiger partial charge in [-0.05, 0) is 36.4 Å². The van der Waals surface area contributed by atoms with Crippen LogP contribution in [0.1, 0.15) is 0 Å². The summed E-state index contributed by atoms with van der Waals surface area (Å²) in [6, 6.07) is 5.01. The molecule has 2 aliphatic rings. The molecule has 4 rings (SSSR count). The number of carbonyl (C=O) groups is 3. The van der Waals surface area contributed by atoms with Crippen LogP contribution < -0.4 is 10.2 Å². The molecule has 1 saturated heterocycles. The molecule has 2 atom stereocenters. The fourth-order valence-electron chi connectivity index (χ4n) is 3.13. The van der Waals surface area contributed by atoms with E-state index in [2.05, 4.69) is 15.7 Å². The maximum Gasteiger partial charge on any atom is 0.263 e. The van der Waals surface area contributed by atoms with Gasteiger partial charge in [0.1, 0.15) is 24.0 Å². The predicted octanol–water partition coefficient (Wildman–Crippen LogP) is 2.04. The molecule has 0 bridgehead atoms. The molecule has 2 aromatic rings. The normalized spacial score (nSPS) is 20.4. The van der Waals surface area contributed by atoms with Gasteiger partial charge in [-0.2, -0.15) is 5.11 Å². The van der Waals surface area contributed by atoms with Crippen LogP contribution in [0.5, 0.6) is 0 Å². The molecule has 0 aliphatic carbocycles. The number of carbonyl (C=O) groups excluding carboxylic acids is 3. The van der Waals surface area contributed by atoms with E-state index < -0.39 is 53.8 Å². The number of halogens is 3. The van der Waals surface area contributed by atoms with Crippen molar-refractivity contribution in [3.05, 3.63) is 59.9 Å². The van der Waals surface area contributed by atoms with E-state index in [0.717, 1.165) is 40.2 Å². The number of hydrogen-bond donors (Lipinski definition) is 1. The number of anilines is 2. The summed E-state index contributed by atoms with van der Waals surface area (Å²) in [5.41, 5.74) is -0.207. The number of hydrogen-bond acceptors (Lipinski definition) is 6. The smallest absolute Gasteiger partial charge is 0.263 e. The van der Waals surface area contributed by atoms with Crippen LogP contribution in [-0.2, 0) is 14.4 Å². The molecular weight excluding hydrogens is 391 g/mol. The van der Waals surface area contributed by atoms with Crippen molar-refractivity contribution in [1.82, 2.24) is 5.01 Å². The number of imide groups is 1. The van der Waals surface area contributed by atoms with Crippen LogP contribution in [0.15, 0.2) is 52.8 Å². The van der Waals surface area contributed by atoms with Gasteiger partial charge in [-0.25, -0.2) is 18.1 Å².